The number of benzene rings is 4. The van der Waals surface area contributed by atoms with E-state index in [2.05, 4.69) is 110 Å². The lowest BCUT2D eigenvalue weighted by Crippen LogP contribution is -2.62. The van der Waals surface area contributed by atoms with Gasteiger partial charge in [0.1, 0.15) is 53.9 Å². The number of hydrogen-bond acceptors (Lipinski definition) is 18. The summed E-state index contributed by atoms with van der Waals surface area (Å²) in [5.74, 6) is -8.24. The van der Waals surface area contributed by atoms with Gasteiger partial charge in [-0.15, -0.1) is 5.10 Å². The topological polar surface area (TPSA) is 499 Å². The van der Waals surface area contributed by atoms with Crippen molar-refractivity contribution in [3.63, 3.8) is 0 Å². The molecule has 0 unspecified atom stereocenters. The maximum atomic E-state index is 14.6. The summed E-state index contributed by atoms with van der Waals surface area (Å²) in [5.41, 5.74) is 17.6. The summed E-state index contributed by atoms with van der Waals surface area (Å²) in [6.45, 7) is 9.59. The zero-order chi connectivity index (χ0) is 76.3. The van der Waals surface area contributed by atoms with Crippen molar-refractivity contribution in [3.05, 3.63) is 155 Å². The molecule has 33 heteroatoms. The summed E-state index contributed by atoms with van der Waals surface area (Å²) in [4.78, 5) is 135. The van der Waals surface area contributed by atoms with E-state index in [4.69, 9.17) is 33.6 Å². The number of aliphatic hydroxyl groups excluding tert-OH is 1. The largest absolute Gasteiger partial charge is 0.508 e. The summed E-state index contributed by atoms with van der Waals surface area (Å²) in [7, 11) is 0. The third kappa shape index (κ3) is 24.0. The summed E-state index contributed by atoms with van der Waals surface area (Å²) in [6, 6.07) is 20.3. The van der Waals surface area contributed by atoms with Crippen LogP contribution in [0.2, 0.25) is 5.15 Å². The van der Waals surface area contributed by atoms with Crippen molar-refractivity contribution in [2.45, 2.75) is 173 Å². The number of aromatic nitrogens is 8. The number of carbonyl (C=O) groups excluding carboxylic acids is 7. The van der Waals surface area contributed by atoms with Gasteiger partial charge >= 0.3 is 11.9 Å². The Morgan fingerprint density at radius 1 is 0.724 bits per heavy atom. The Bertz CT molecular complexity index is 4030. The molecule has 32 nitrogen and oxygen atoms in total. The minimum Gasteiger partial charge on any atom is -0.508 e. The van der Waals surface area contributed by atoms with Crippen LogP contribution in [0.5, 0.6) is 5.75 Å². The van der Waals surface area contributed by atoms with Gasteiger partial charge in [0.15, 0.2) is 16.9 Å². The van der Waals surface area contributed by atoms with Crippen LogP contribution in [-0.2, 0) is 82.0 Å². The summed E-state index contributed by atoms with van der Waals surface area (Å²) < 4.78 is 2.03. The lowest BCUT2D eigenvalue weighted by Gasteiger charge is -2.32. The molecule has 1 aliphatic heterocycles. The number of hydrogen-bond donors (Lipinski definition) is 16. The van der Waals surface area contributed by atoms with Crippen LogP contribution < -0.4 is 48.7 Å². The molecule has 8 rings (SSSR count). The number of tetrazole rings is 1. The highest BCUT2D eigenvalue weighted by molar-refractivity contribution is 6.30. The van der Waals surface area contributed by atoms with Crippen LogP contribution in [0.25, 0.3) is 22.5 Å². The van der Waals surface area contributed by atoms with Crippen molar-refractivity contribution in [1.29, 1.82) is 5.41 Å². The molecule has 105 heavy (non-hydrogen) atoms. The Labute approximate surface area is 611 Å². The van der Waals surface area contributed by atoms with E-state index in [9.17, 15) is 58.5 Å². The van der Waals surface area contributed by atoms with E-state index in [1.54, 1.807) is 58.0 Å². The third-order valence-corrected chi connectivity index (χ3v) is 18.2. The molecule has 0 radical (unpaired) electrons. The molecule has 3 aromatic heterocycles. The first kappa shape index (κ1) is 81.2. The van der Waals surface area contributed by atoms with Gasteiger partial charge in [-0.25, -0.2) is 19.9 Å². The highest BCUT2D eigenvalue weighted by Crippen LogP contribution is 2.31. The zero-order valence-electron chi connectivity index (χ0n) is 59.2. The van der Waals surface area contributed by atoms with Crippen molar-refractivity contribution in [2.75, 3.05) is 13.1 Å². The van der Waals surface area contributed by atoms with Gasteiger partial charge in [0, 0.05) is 62.8 Å². The second-order valence-electron chi connectivity index (χ2n) is 26.0. The van der Waals surface area contributed by atoms with Crippen LogP contribution in [0.3, 0.4) is 0 Å². The number of nitrogens with zero attached hydrogens (tertiary/aromatic N) is 7. The number of likely N-dealkylation sites (tertiary alicyclic amines) is 1. The number of amides is 7. The van der Waals surface area contributed by atoms with Crippen LogP contribution in [0.4, 0.5) is 0 Å². The lowest BCUT2D eigenvalue weighted by atomic mass is 9.96. The molecule has 0 bridgehead atoms. The number of guanidine groups is 1. The second kappa shape index (κ2) is 40.1. The first-order valence-corrected chi connectivity index (χ1v) is 35.1. The quantitative estimate of drug-likeness (QED) is 0.0151. The van der Waals surface area contributed by atoms with E-state index < -0.39 is 120 Å². The highest BCUT2D eigenvalue weighted by Gasteiger charge is 2.41. The molecule has 0 saturated carbocycles. The summed E-state index contributed by atoms with van der Waals surface area (Å²) in [5, 5.41) is 79.5. The normalized spacial score (nSPS) is 14.9. The number of phenols is 1. The predicted molar refractivity (Wildman–Crippen MR) is 388 cm³/mol. The van der Waals surface area contributed by atoms with Crippen LogP contribution in [0.1, 0.15) is 120 Å². The fraction of sp³-hybridized carbons (Fsp3) is 0.431. The van der Waals surface area contributed by atoms with Crippen LogP contribution in [0, 0.1) is 17.2 Å². The number of unbranched alkanes of at least 4 members (excludes halogenated alkanes) is 1. The SMILES string of the molecule is CCCCc1nc(Cl)c(CO)n1Cc1ccc(-c2ccccc2-c2nnn[nH]2)cc1.CC[C@H](C)[C@H](NC(=O)[C@H](Cc1ccc(O)cc1)NC(=O)[C@@H](NC(=O)[C@H](CCCNC(=N)N)NC(=O)[C@@H](N)CC(=O)O)C(C)C)C(=O)N[C@@H](Cc1cnc[nH]1)C(=O)N1CCC[C@H]1C(=O)N[C@@H](Cc1ccccc1)C(=O)O. The second-order valence-corrected chi connectivity index (χ2v) is 26.4. The molecule has 1 saturated heterocycles. The van der Waals surface area contributed by atoms with Gasteiger partial charge in [0.25, 0.3) is 0 Å². The van der Waals surface area contributed by atoms with Crippen LogP contribution in [-0.4, -0.2) is 186 Å². The molecule has 9 atom stereocenters. The van der Waals surface area contributed by atoms with E-state index >= 15 is 0 Å². The Balaban J connectivity index is 0.000000422. The summed E-state index contributed by atoms with van der Waals surface area (Å²) >= 11 is 6.26. The van der Waals surface area contributed by atoms with Gasteiger partial charge in [-0.2, -0.15) is 0 Å². The number of carboxylic acid groups (broad SMARTS) is 2. The van der Waals surface area contributed by atoms with Crippen molar-refractivity contribution in [2.24, 2.45) is 23.3 Å². The molecule has 7 aromatic rings. The maximum absolute atomic E-state index is 14.6. The zero-order valence-corrected chi connectivity index (χ0v) is 59.9. The molecule has 1 aliphatic rings. The lowest BCUT2D eigenvalue weighted by molar-refractivity contribution is -0.145. The van der Waals surface area contributed by atoms with E-state index in [0.29, 0.717) is 52.9 Å². The molecule has 4 aromatic carbocycles. The van der Waals surface area contributed by atoms with Gasteiger partial charge < -0.3 is 83.6 Å². The summed E-state index contributed by atoms with van der Waals surface area (Å²) in [6.07, 6.45) is 5.88. The van der Waals surface area contributed by atoms with Crippen molar-refractivity contribution < 1.29 is 63.6 Å². The number of aliphatic carboxylic acids is 2. The first-order valence-electron chi connectivity index (χ1n) is 34.8. The minimum absolute atomic E-state index is 0.00272. The molecule has 18 N–H and O–H groups in total. The number of imidazole rings is 2. The average Bonchev–Trinajstić information content (AvgIpc) is 1.68. The predicted octanol–water partition coefficient (Wildman–Crippen LogP) is 3.16. The van der Waals surface area contributed by atoms with Gasteiger partial charge in [-0.05, 0) is 94.3 Å². The van der Waals surface area contributed by atoms with Crippen LogP contribution >= 0.6 is 11.6 Å². The van der Waals surface area contributed by atoms with Crippen molar-refractivity contribution in [3.8, 4) is 28.3 Å². The van der Waals surface area contributed by atoms with Gasteiger partial charge in [-0.1, -0.05) is 150 Å². The number of carboxylic acids is 2. The number of aromatic amines is 2. The number of H-pyrrole nitrogens is 2. The number of aryl methyl sites for hydroxylation is 1. The standard InChI is InChI=1S/C50H71N13O12.C22H23ClN6O/c1-5-28(4)41(47(72)59-36(23-31-25-54-26-56-31)48(73)63-20-10-14-38(63)45(70)60-37(49(74)75)22-29-11-7-6-8-12-29)62-44(69)35(21-30-15-17-32(64)18-16-30)58-46(71)40(27(2)3)61-43(68)34(13-9-19-55-50(52)53)57-42(67)33(51)24-39(65)66;1-2-3-8-20-24-21(23)19(14-30)29(20)13-15-9-11-16(12-10-15)17-6-4-5-7-18(17)22-25-27-28-26-22/h6-8,11-12,15-18,25-28,33-38,40-41,64H,5,9-10,13-14,19-24,51H2,1-4H3,(H,54,56)(H,57,67)(H,58,71)(H,59,72)(H,60,70)(H,61,68)(H,62,69)(H,65,66)(H,74,75)(H4,52,53,55);4-7,9-12,30H,2-3,8,13-14H2,1H3,(H,25,26,27,28)/t28-,33-,34-,35-,36-,37-,38-,40-,41-;/m0./s1. The van der Waals surface area contributed by atoms with Gasteiger partial charge in [-0.3, -0.25) is 43.8 Å². The number of phenolic OH excluding ortho intramolecular Hbond substituents is 1. The molecular formula is C72H94ClN19O13. The number of aromatic hydroxyl groups is 1. The van der Waals surface area contributed by atoms with Crippen molar-refractivity contribution in [1.82, 2.24) is 82.3 Å². The minimum atomic E-state index is -1.51. The van der Waals surface area contributed by atoms with Gasteiger partial charge in [0.2, 0.25) is 41.4 Å². The maximum Gasteiger partial charge on any atom is 0.326 e. The smallest absolute Gasteiger partial charge is 0.326 e. The Hall–Kier alpha value is -11.1. The highest BCUT2D eigenvalue weighted by atomic mass is 35.5. The van der Waals surface area contributed by atoms with E-state index in [1.807, 2.05) is 22.8 Å². The molecule has 0 aliphatic carbocycles. The fourth-order valence-electron chi connectivity index (χ4n) is 11.9. The van der Waals surface area contributed by atoms with Crippen LogP contribution in [0.15, 0.2) is 116 Å². The number of aliphatic hydroxyl groups is 1. The van der Waals surface area contributed by atoms with Gasteiger partial charge in [0.05, 0.1) is 31.1 Å². The molecule has 4 heterocycles. The number of carbonyl (C=O) groups is 9. The first-order chi connectivity index (χ1) is 50.3. The molecule has 562 valence electrons. The Kier molecular flexibility index (Phi) is 31.0. The number of nitrogens with one attached hydrogen (secondary N) is 10. The average molecular weight is 1470 g/mol. The molecule has 0 spiro atoms. The van der Waals surface area contributed by atoms with Crippen molar-refractivity contribution >= 4 is 70.8 Å². The number of halogens is 1. The molecule has 1 fully saturated rings. The Morgan fingerprint density at radius 2 is 1.35 bits per heavy atom. The van der Waals surface area contributed by atoms with E-state index in [0.717, 1.165) is 47.3 Å². The van der Waals surface area contributed by atoms with E-state index in [-0.39, 0.29) is 69.9 Å². The third-order valence-electron chi connectivity index (χ3n) is 17.9. The number of rotatable bonds is 37. The molecule has 7 amide bonds. The fourth-order valence-corrected chi connectivity index (χ4v) is 12.2. The molecular weight excluding hydrogens is 1370 g/mol. The van der Waals surface area contributed by atoms with E-state index in [1.165, 1.54) is 41.7 Å². The monoisotopic (exact) mass is 1470 g/mol. The Morgan fingerprint density at radius 3 is 1.97 bits per heavy atom. The number of nitrogens with two attached hydrogens (primary N) is 2.